The molecule has 0 amide bonds. The summed E-state index contributed by atoms with van der Waals surface area (Å²) in [5, 5.41) is 9.21. The number of hydrogen-bond donors (Lipinski definition) is 2. The van der Waals surface area contributed by atoms with Gasteiger partial charge in [-0.25, -0.2) is 4.98 Å². The first kappa shape index (κ1) is 13.4. The number of nitrogens with two attached hydrogens (primary N) is 1. The molecule has 0 aliphatic carbocycles. The van der Waals surface area contributed by atoms with E-state index in [0.717, 1.165) is 17.9 Å². The molecule has 0 bridgehead atoms. The van der Waals surface area contributed by atoms with E-state index in [1.165, 1.54) is 5.56 Å². The first-order valence-corrected chi connectivity index (χ1v) is 6.32. The van der Waals surface area contributed by atoms with Gasteiger partial charge in [0.25, 0.3) is 0 Å². The predicted molar refractivity (Wildman–Crippen MR) is 78.0 cm³/mol. The second-order valence-electron chi connectivity index (χ2n) is 4.53. The number of aliphatic hydroxyl groups excluding tert-OH is 1. The monoisotopic (exact) mass is 257 g/mol. The van der Waals surface area contributed by atoms with Crippen LogP contribution in [0.25, 0.3) is 0 Å². The molecule has 0 saturated heterocycles. The molecule has 0 radical (unpaired) electrons. The van der Waals surface area contributed by atoms with Gasteiger partial charge in [-0.2, -0.15) is 0 Å². The van der Waals surface area contributed by atoms with Crippen molar-refractivity contribution < 1.29 is 5.11 Å². The first-order chi connectivity index (χ1) is 9.20. The van der Waals surface area contributed by atoms with Crippen molar-refractivity contribution in [1.82, 2.24) is 4.98 Å². The van der Waals surface area contributed by atoms with E-state index in [9.17, 15) is 5.11 Å². The summed E-state index contributed by atoms with van der Waals surface area (Å²) in [6.45, 7) is 3.32. The summed E-state index contributed by atoms with van der Waals surface area (Å²) in [6, 6.07) is 12.1. The standard InChI is InChI=1S/C15H19N3O/c1-12-9-15(17-10-14(12)16)18(7-8-19)11-13-5-3-2-4-6-13/h2-6,9-10,19H,7-8,11,16H2,1H3. The minimum atomic E-state index is 0.0952. The van der Waals surface area contributed by atoms with Crippen LogP contribution in [-0.2, 0) is 6.54 Å². The zero-order chi connectivity index (χ0) is 13.7. The van der Waals surface area contributed by atoms with E-state index in [-0.39, 0.29) is 6.61 Å². The highest BCUT2D eigenvalue weighted by molar-refractivity contribution is 5.52. The fourth-order valence-electron chi connectivity index (χ4n) is 1.92. The lowest BCUT2D eigenvalue weighted by Gasteiger charge is -2.23. The number of nitrogens with zero attached hydrogens (tertiary/aromatic N) is 2. The van der Waals surface area contributed by atoms with Gasteiger partial charge in [-0.05, 0) is 24.1 Å². The number of hydrogen-bond acceptors (Lipinski definition) is 4. The van der Waals surface area contributed by atoms with E-state index in [1.807, 2.05) is 36.1 Å². The van der Waals surface area contributed by atoms with Crippen LogP contribution in [0.4, 0.5) is 11.5 Å². The maximum Gasteiger partial charge on any atom is 0.129 e. The van der Waals surface area contributed by atoms with Crippen molar-refractivity contribution in [2.45, 2.75) is 13.5 Å². The molecule has 0 aliphatic heterocycles. The average molecular weight is 257 g/mol. The summed E-state index contributed by atoms with van der Waals surface area (Å²) in [5.74, 6) is 0.838. The van der Waals surface area contributed by atoms with Crippen molar-refractivity contribution in [3.8, 4) is 0 Å². The number of aliphatic hydroxyl groups is 1. The summed E-state index contributed by atoms with van der Waals surface area (Å²) < 4.78 is 0. The second-order valence-corrected chi connectivity index (χ2v) is 4.53. The van der Waals surface area contributed by atoms with Crippen LogP contribution in [-0.4, -0.2) is 23.2 Å². The van der Waals surface area contributed by atoms with Gasteiger partial charge in [0.05, 0.1) is 18.5 Å². The molecular weight excluding hydrogens is 238 g/mol. The molecular formula is C15H19N3O. The lowest BCUT2D eigenvalue weighted by Crippen LogP contribution is -2.27. The first-order valence-electron chi connectivity index (χ1n) is 6.32. The van der Waals surface area contributed by atoms with Gasteiger partial charge in [0.2, 0.25) is 0 Å². The lowest BCUT2D eigenvalue weighted by molar-refractivity contribution is 0.301. The number of nitrogen functional groups attached to an aromatic ring is 1. The quantitative estimate of drug-likeness (QED) is 0.859. The summed E-state index contributed by atoms with van der Waals surface area (Å²) in [5.41, 5.74) is 8.66. The Balaban J connectivity index is 2.21. The van der Waals surface area contributed by atoms with Gasteiger partial charge in [0.1, 0.15) is 5.82 Å². The Kier molecular flexibility index (Phi) is 4.36. The normalized spacial score (nSPS) is 10.4. The maximum atomic E-state index is 9.21. The molecule has 4 nitrogen and oxygen atoms in total. The van der Waals surface area contributed by atoms with E-state index in [4.69, 9.17) is 5.73 Å². The lowest BCUT2D eigenvalue weighted by atomic mass is 10.2. The summed E-state index contributed by atoms with van der Waals surface area (Å²) >= 11 is 0. The summed E-state index contributed by atoms with van der Waals surface area (Å²) in [6.07, 6.45) is 1.67. The van der Waals surface area contributed by atoms with Crippen LogP contribution >= 0.6 is 0 Å². The Hall–Kier alpha value is -2.07. The highest BCUT2D eigenvalue weighted by atomic mass is 16.3. The number of aromatic nitrogens is 1. The number of aryl methyl sites for hydroxylation is 1. The molecule has 1 heterocycles. The van der Waals surface area contributed by atoms with E-state index >= 15 is 0 Å². The number of benzene rings is 1. The topological polar surface area (TPSA) is 62.4 Å². The molecule has 2 rings (SSSR count). The summed E-state index contributed by atoms with van der Waals surface area (Å²) in [7, 11) is 0. The Morgan fingerprint density at radius 1 is 1.26 bits per heavy atom. The minimum Gasteiger partial charge on any atom is -0.397 e. The van der Waals surface area contributed by atoms with E-state index < -0.39 is 0 Å². The molecule has 0 spiro atoms. The van der Waals surface area contributed by atoms with Crippen LogP contribution in [0.15, 0.2) is 42.6 Å². The SMILES string of the molecule is Cc1cc(N(CCO)Cc2ccccc2)ncc1N. The third-order valence-electron chi connectivity index (χ3n) is 3.05. The minimum absolute atomic E-state index is 0.0952. The largest absolute Gasteiger partial charge is 0.397 e. The van der Waals surface area contributed by atoms with Crippen molar-refractivity contribution in [3.05, 3.63) is 53.7 Å². The van der Waals surface area contributed by atoms with Gasteiger partial charge in [0, 0.05) is 13.1 Å². The Morgan fingerprint density at radius 3 is 2.63 bits per heavy atom. The average Bonchev–Trinajstić information content (AvgIpc) is 2.43. The molecule has 19 heavy (non-hydrogen) atoms. The van der Waals surface area contributed by atoms with Crippen LogP contribution in [0, 0.1) is 6.92 Å². The van der Waals surface area contributed by atoms with Crippen LogP contribution < -0.4 is 10.6 Å². The molecule has 4 heteroatoms. The van der Waals surface area contributed by atoms with Crippen LogP contribution in [0.5, 0.6) is 0 Å². The molecule has 0 unspecified atom stereocenters. The molecule has 0 aliphatic rings. The summed E-state index contributed by atoms with van der Waals surface area (Å²) in [4.78, 5) is 6.39. The molecule has 2 aromatic rings. The van der Waals surface area contributed by atoms with Crippen molar-refractivity contribution in [1.29, 1.82) is 0 Å². The van der Waals surface area contributed by atoms with Gasteiger partial charge < -0.3 is 15.7 Å². The van der Waals surface area contributed by atoms with Crippen molar-refractivity contribution >= 4 is 11.5 Å². The molecule has 3 N–H and O–H groups in total. The Labute approximate surface area is 113 Å². The number of pyridine rings is 1. The van der Waals surface area contributed by atoms with Crippen LogP contribution in [0.1, 0.15) is 11.1 Å². The van der Waals surface area contributed by atoms with Crippen molar-refractivity contribution in [2.75, 3.05) is 23.8 Å². The van der Waals surface area contributed by atoms with E-state index in [0.29, 0.717) is 12.2 Å². The zero-order valence-corrected chi connectivity index (χ0v) is 11.1. The molecule has 100 valence electrons. The van der Waals surface area contributed by atoms with E-state index in [1.54, 1.807) is 6.20 Å². The molecule has 0 atom stereocenters. The third-order valence-corrected chi connectivity index (χ3v) is 3.05. The van der Waals surface area contributed by atoms with Gasteiger partial charge in [-0.15, -0.1) is 0 Å². The number of rotatable bonds is 5. The van der Waals surface area contributed by atoms with Gasteiger partial charge >= 0.3 is 0 Å². The van der Waals surface area contributed by atoms with Crippen molar-refractivity contribution in [2.24, 2.45) is 0 Å². The van der Waals surface area contributed by atoms with Crippen LogP contribution in [0.2, 0.25) is 0 Å². The van der Waals surface area contributed by atoms with Crippen molar-refractivity contribution in [3.63, 3.8) is 0 Å². The molecule has 1 aromatic carbocycles. The molecule has 1 aromatic heterocycles. The second kappa shape index (κ2) is 6.20. The Bertz CT molecular complexity index is 528. The van der Waals surface area contributed by atoms with Gasteiger partial charge in [-0.1, -0.05) is 30.3 Å². The molecule has 0 fully saturated rings. The van der Waals surface area contributed by atoms with Crippen LogP contribution in [0.3, 0.4) is 0 Å². The van der Waals surface area contributed by atoms with E-state index in [2.05, 4.69) is 17.1 Å². The van der Waals surface area contributed by atoms with Gasteiger partial charge in [0.15, 0.2) is 0 Å². The molecule has 0 saturated carbocycles. The third kappa shape index (κ3) is 3.45. The fraction of sp³-hybridized carbons (Fsp3) is 0.267. The zero-order valence-electron chi connectivity index (χ0n) is 11.1. The number of anilines is 2. The smallest absolute Gasteiger partial charge is 0.129 e. The predicted octanol–water partition coefficient (Wildman–Crippen LogP) is 1.97. The highest BCUT2D eigenvalue weighted by Crippen LogP contribution is 2.19. The Morgan fingerprint density at radius 2 is 2.00 bits per heavy atom. The fourth-order valence-corrected chi connectivity index (χ4v) is 1.92. The van der Waals surface area contributed by atoms with Gasteiger partial charge in [-0.3, -0.25) is 0 Å². The highest BCUT2D eigenvalue weighted by Gasteiger charge is 2.09. The maximum absolute atomic E-state index is 9.21.